The molecule has 8 nitrogen and oxygen atoms in total. The van der Waals surface area contributed by atoms with Crippen molar-refractivity contribution < 1.29 is 13.2 Å². The van der Waals surface area contributed by atoms with E-state index in [-0.39, 0.29) is 5.03 Å². The van der Waals surface area contributed by atoms with Gasteiger partial charge in [0.15, 0.2) is 5.03 Å². The molecule has 0 aromatic carbocycles. The van der Waals surface area contributed by atoms with Crippen LogP contribution >= 0.6 is 0 Å². The Labute approximate surface area is 104 Å². The van der Waals surface area contributed by atoms with Crippen LogP contribution in [0.5, 0.6) is 0 Å². The Morgan fingerprint density at radius 2 is 2.39 bits per heavy atom. The number of hydrogen-bond acceptors (Lipinski definition) is 5. The first-order chi connectivity index (χ1) is 8.62. The van der Waals surface area contributed by atoms with Crippen LogP contribution in [0.2, 0.25) is 0 Å². The lowest BCUT2D eigenvalue weighted by molar-refractivity contribution is 0.183. The molecule has 0 aliphatic rings. The third-order valence-corrected chi connectivity index (χ3v) is 3.49. The molecule has 2 aromatic heterocycles. The lowest BCUT2D eigenvalue weighted by atomic mass is 10.6. The Bertz CT molecular complexity index is 590. The van der Waals surface area contributed by atoms with E-state index < -0.39 is 10.0 Å². The highest BCUT2D eigenvalue weighted by atomic mass is 32.2. The Balaban J connectivity index is 2.08. The Kier molecular flexibility index (Phi) is 3.63. The van der Waals surface area contributed by atoms with Gasteiger partial charge >= 0.3 is 0 Å². The summed E-state index contributed by atoms with van der Waals surface area (Å²) in [7, 11) is -2.04. The van der Waals surface area contributed by atoms with Crippen LogP contribution in [0.15, 0.2) is 29.7 Å². The summed E-state index contributed by atoms with van der Waals surface area (Å²) in [6, 6.07) is 1.37. The first-order valence-corrected chi connectivity index (χ1v) is 6.64. The number of ether oxygens (including phenoxy) is 1. The minimum Gasteiger partial charge on any atom is -0.383 e. The average Bonchev–Trinajstić information content (AvgIpc) is 2.96. The molecule has 0 spiro atoms. The Morgan fingerprint density at radius 3 is 3.06 bits per heavy atom. The molecule has 18 heavy (non-hydrogen) atoms. The minimum absolute atomic E-state index is 0.00661. The summed E-state index contributed by atoms with van der Waals surface area (Å²) >= 11 is 0. The summed E-state index contributed by atoms with van der Waals surface area (Å²) in [5.74, 6) is 0. The van der Waals surface area contributed by atoms with Gasteiger partial charge in [0.1, 0.15) is 0 Å². The van der Waals surface area contributed by atoms with Gasteiger partial charge in [0, 0.05) is 13.3 Å². The fourth-order valence-electron chi connectivity index (χ4n) is 1.33. The van der Waals surface area contributed by atoms with E-state index in [0.29, 0.717) is 18.8 Å². The average molecular weight is 271 g/mol. The van der Waals surface area contributed by atoms with E-state index in [4.69, 9.17) is 4.74 Å². The van der Waals surface area contributed by atoms with Crippen molar-refractivity contribution >= 4 is 15.7 Å². The fraction of sp³-hybridized carbons (Fsp3) is 0.333. The minimum atomic E-state index is -3.63. The molecule has 0 saturated carbocycles. The maximum absolute atomic E-state index is 11.8. The summed E-state index contributed by atoms with van der Waals surface area (Å²) in [5, 5.41) is 10.00. The predicted octanol–water partition coefficient (Wildman–Crippen LogP) is 0.0534. The van der Waals surface area contributed by atoms with E-state index in [9.17, 15) is 8.42 Å². The number of nitrogens with zero attached hydrogens (tertiary/aromatic N) is 3. The van der Waals surface area contributed by atoms with Gasteiger partial charge in [-0.15, -0.1) is 0 Å². The van der Waals surface area contributed by atoms with Crippen molar-refractivity contribution in [2.75, 3.05) is 18.4 Å². The zero-order chi connectivity index (χ0) is 13.0. The molecule has 0 bridgehead atoms. The van der Waals surface area contributed by atoms with Crippen LogP contribution in [-0.2, 0) is 21.3 Å². The van der Waals surface area contributed by atoms with Crippen LogP contribution in [-0.4, -0.2) is 42.1 Å². The number of methoxy groups -OCH3 is 1. The van der Waals surface area contributed by atoms with Crippen molar-refractivity contribution in [3.63, 3.8) is 0 Å². The highest BCUT2D eigenvalue weighted by molar-refractivity contribution is 7.92. The number of H-pyrrole nitrogens is 1. The number of aromatic nitrogens is 4. The molecule has 2 N–H and O–H groups in total. The molecule has 0 atom stereocenters. The van der Waals surface area contributed by atoms with Crippen molar-refractivity contribution in [3.8, 4) is 0 Å². The number of hydrogen-bond donors (Lipinski definition) is 2. The Hall–Kier alpha value is -1.87. The normalized spacial score (nSPS) is 11.6. The van der Waals surface area contributed by atoms with Crippen LogP contribution in [0.4, 0.5) is 5.69 Å². The van der Waals surface area contributed by atoms with Crippen molar-refractivity contribution in [3.05, 3.63) is 24.7 Å². The van der Waals surface area contributed by atoms with Crippen molar-refractivity contribution in [2.45, 2.75) is 11.6 Å². The van der Waals surface area contributed by atoms with Gasteiger partial charge in [-0.2, -0.15) is 18.6 Å². The molecule has 0 aliphatic heterocycles. The zero-order valence-electron chi connectivity index (χ0n) is 9.70. The molecule has 2 heterocycles. The number of anilines is 1. The van der Waals surface area contributed by atoms with E-state index in [1.807, 2.05) is 0 Å². The van der Waals surface area contributed by atoms with Crippen LogP contribution in [0.1, 0.15) is 0 Å². The second-order valence-corrected chi connectivity index (χ2v) is 5.16. The topological polar surface area (TPSA) is 102 Å². The van der Waals surface area contributed by atoms with E-state index in [1.54, 1.807) is 18.0 Å². The molecule has 0 unspecified atom stereocenters. The van der Waals surface area contributed by atoms with E-state index in [2.05, 4.69) is 20.0 Å². The highest BCUT2D eigenvalue weighted by Gasteiger charge is 2.16. The molecule has 2 rings (SSSR count). The van der Waals surface area contributed by atoms with E-state index in [0.717, 1.165) is 0 Å². The van der Waals surface area contributed by atoms with Crippen LogP contribution < -0.4 is 4.72 Å². The van der Waals surface area contributed by atoms with Gasteiger partial charge in [0.2, 0.25) is 0 Å². The van der Waals surface area contributed by atoms with Gasteiger partial charge in [-0.25, -0.2) is 0 Å². The number of aromatic amines is 1. The van der Waals surface area contributed by atoms with Gasteiger partial charge in [-0.3, -0.25) is 14.5 Å². The summed E-state index contributed by atoms with van der Waals surface area (Å²) in [5.41, 5.74) is 0.390. The third-order valence-electron chi connectivity index (χ3n) is 2.17. The maximum atomic E-state index is 11.8. The van der Waals surface area contributed by atoms with E-state index in [1.165, 1.54) is 18.5 Å². The second kappa shape index (κ2) is 5.19. The molecule has 0 aliphatic carbocycles. The molecule has 98 valence electrons. The first kappa shape index (κ1) is 12.6. The lowest BCUT2D eigenvalue weighted by Gasteiger charge is -2.02. The van der Waals surface area contributed by atoms with Crippen molar-refractivity contribution in [1.82, 2.24) is 20.0 Å². The molecular formula is C9H13N5O3S. The van der Waals surface area contributed by atoms with Gasteiger partial charge in [0.05, 0.1) is 31.2 Å². The molecule has 0 saturated heterocycles. The Morgan fingerprint density at radius 1 is 1.56 bits per heavy atom. The SMILES string of the molecule is COCCn1cc(NS(=O)(=O)c2ccn[nH]2)cn1. The third kappa shape index (κ3) is 2.87. The monoisotopic (exact) mass is 271 g/mol. The molecule has 9 heteroatoms. The number of rotatable bonds is 6. The maximum Gasteiger partial charge on any atom is 0.278 e. The standard InChI is InChI=1S/C9H13N5O3S/c1-17-5-4-14-7-8(6-11-14)13-18(15,16)9-2-3-10-12-9/h2-3,6-7,13H,4-5H2,1H3,(H,10,12). The first-order valence-electron chi connectivity index (χ1n) is 5.15. The summed E-state index contributed by atoms with van der Waals surface area (Å²) in [6.45, 7) is 1.07. The molecule has 0 fully saturated rings. The number of nitrogens with one attached hydrogen (secondary N) is 2. The zero-order valence-corrected chi connectivity index (χ0v) is 10.5. The quantitative estimate of drug-likeness (QED) is 0.773. The van der Waals surface area contributed by atoms with Gasteiger partial charge < -0.3 is 4.74 Å². The highest BCUT2D eigenvalue weighted by Crippen LogP contribution is 2.12. The predicted molar refractivity (Wildman–Crippen MR) is 63.5 cm³/mol. The summed E-state index contributed by atoms with van der Waals surface area (Å²) in [6.07, 6.45) is 4.40. The van der Waals surface area contributed by atoms with Crippen LogP contribution in [0.25, 0.3) is 0 Å². The fourth-order valence-corrected chi connectivity index (χ4v) is 2.26. The van der Waals surface area contributed by atoms with E-state index >= 15 is 0 Å². The van der Waals surface area contributed by atoms with Gasteiger partial charge in [-0.1, -0.05) is 0 Å². The van der Waals surface area contributed by atoms with Gasteiger partial charge in [0.25, 0.3) is 10.0 Å². The molecule has 0 radical (unpaired) electrons. The smallest absolute Gasteiger partial charge is 0.278 e. The summed E-state index contributed by atoms with van der Waals surface area (Å²) < 4.78 is 32.6. The number of sulfonamides is 1. The van der Waals surface area contributed by atoms with Crippen molar-refractivity contribution in [1.29, 1.82) is 0 Å². The van der Waals surface area contributed by atoms with Gasteiger partial charge in [-0.05, 0) is 6.07 Å². The van der Waals surface area contributed by atoms with Crippen LogP contribution in [0, 0.1) is 0 Å². The lowest BCUT2D eigenvalue weighted by Crippen LogP contribution is -2.13. The second-order valence-electron chi connectivity index (χ2n) is 3.51. The molecular weight excluding hydrogens is 258 g/mol. The van der Waals surface area contributed by atoms with Crippen LogP contribution in [0.3, 0.4) is 0 Å². The summed E-state index contributed by atoms with van der Waals surface area (Å²) in [4.78, 5) is 0. The van der Waals surface area contributed by atoms with Crippen molar-refractivity contribution in [2.24, 2.45) is 0 Å². The largest absolute Gasteiger partial charge is 0.383 e. The molecule has 0 amide bonds. The molecule has 2 aromatic rings.